The van der Waals surface area contributed by atoms with Crippen LogP contribution < -0.4 is 0 Å². The SMILES string of the molecule is COC(=O)Cn1c2c(c3cc(C(=O)N4CCC(C)CC4)ccc31)CN(C1CCCCC1)CC2. The van der Waals surface area contributed by atoms with Gasteiger partial charge in [-0.3, -0.25) is 14.5 Å². The van der Waals surface area contributed by atoms with E-state index in [1.165, 1.54) is 50.5 Å². The van der Waals surface area contributed by atoms with E-state index < -0.39 is 0 Å². The minimum Gasteiger partial charge on any atom is -0.468 e. The number of ether oxygens (including phenoxy) is 1. The number of benzene rings is 1. The molecule has 5 rings (SSSR count). The van der Waals surface area contributed by atoms with Crippen molar-refractivity contribution in [2.24, 2.45) is 5.92 Å². The fraction of sp³-hybridized carbons (Fsp3) is 0.630. The molecule has 1 amide bonds. The summed E-state index contributed by atoms with van der Waals surface area (Å²) in [6.45, 7) is 6.12. The van der Waals surface area contributed by atoms with Gasteiger partial charge in [-0.25, -0.2) is 0 Å². The Morgan fingerprint density at radius 3 is 2.52 bits per heavy atom. The molecule has 6 nitrogen and oxygen atoms in total. The number of methoxy groups -OCH3 is 1. The molecular formula is C27H37N3O3. The fourth-order valence-electron chi connectivity index (χ4n) is 6.13. The van der Waals surface area contributed by atoms with E-state index in [0.717, 1.165) is 61.9 Å². The number of piperidine rings is 1. The zero-order valence-electron chi connectivity index (χ0n) is 20.1. The zero-order valence-corrected chi connectivity index (χ0v) is 20.1. The number of hydrogen-bond acceptors (Lipinski definition) is 4. The molecule has 0 N–H and O–H groups in total. The molecule has 1 saturated heterocycles. The third-order valence-corrected chi connectivity index (χ3v) is 8.21. The molecule has 0 atom stereocenters. The molecule has 0 spiro atoms. The molecule has 1 aromatic carbocycles. The van der Waals surface area contributed by atoms with Crippen LogP contribution in [0.3, 0.4) is 0 Å². The van der Waals surface area contributed by atoms with Crippen molar-refractivity contribution in [3.05, 3.63) is 35.0 Å². The molecule has 1 aromatic heterocycles. The van der Waals surface area contributed by atoms with Gasteiger partial charge in [0.1, 0.15) is 6.54 Å². The van der Waals surface area contributed by atoms with Gasteiger partial charge in [-0.05, 0) is 55.4 Å². The minimum atomic E-state index is -0.230. The highest BCUT2D eigenvalue weighted by atomic mass is 16.5. The summed E-state index contributed by atoms with van der Waals surface area (Å²) in [5.74, 6) is 0.604. The lowest BCUT2D eigenvalue weighted by molar-refractivity contribution is -0.141. The average molecular weight is 452 g/mol. The second kappa shape index (κ2) is 9.49. The van der Waals surface area contributed by atoms with Gasteiger partial charge in [-0.15, -0.1) is 0 Å². The van der Waals surface area contributed by atoms with Gasteiger partial charge in [0.2, 0.25) is 0 Å². The molecule has 2 fully saturated rings. The van der Waals surface area contributed by atoms with E-state index in [0.29, 0.717) is 12.0 Å². The van der Waals surface area contributed by atoms with Crippen molar-refractivity contribution in [2.45, 2.75) is 77.4 Å². The van der Waals surface area contributed by atoms with E-state index in [1.807, 2.05) is 17.0 Å². The smallest absolute Gasteiger partial charge is 0.325 e. The van der Waals surface area contributed by atoms with Gasteiger partial charge in [0.25, 0.3) is 5.91 Å². The zero-order chi connectivity index (χ0) is 22.9. The molecule has 3 aliphatic rings. The van der Waals surface area contributed by atoms with Crippen LogP contribution in [0, 0.1) is 5.92 Å². The van der Waals surface area contributed by atoms with Crippen LogP contribution in [0.4, 0.5) is 0 Å². The van der Waals surface area contributed by atoms with Crippen molar-refractivity contribution >= 4 is 22.8 Å². The summed E-state index contributed by atoms with van der Waals surface area (Å²) in [7, 11) is 1.45. The highest BCUT2D eigenvalue weighted by molar-refractivity contribution is 5.99. The molecule has 0 bridgehead atoms. The van der Waals surface area contributed by atoms with E-state index >= 15 is 0 Å². The molecule has 3 heterocycles. The Labute approximate surface area is 196 Å². The van der Waals surface area contributed by atoms with E-state index in [-0.39, 0.29) is 18.4 Å². The molecule has 2 aromatic rings. The maximum atomic E-state index is 13.3. The van der Waals surface area contributed by atoms with Crippen LogP contribution in [0.15, 0.2) is 18.2 Å². The lowest BCUT2D eigenvalue weighted by atomic mass is 9.92. The second-order valence-corrected chi connectivity index (χ2v) is 10.3. The summed E-state index contributed by atoms with van der Waals surface area (Å²) in [5, 5.41) is 1.13. The first-order valence-corrected chi connectivity index (χ1v) is 12.8. The van der Waals surface area contributed by atoms with Crippen molar-refractivity contribution in [3.8, 4) is 0 Å². The summed E-state index contributed by atoms with van der Waals surface area (Å²) in [4.78, 5) is 30.2. The molecule has 1 saturated carbocycles. The van der Waals surface area contributed by atoms with Gasteiger partial charge in [0, 0.05) is 60.8 Å². The van der Waals surface area contributed by atoms with Gasteiger partial charge in [-0.2, -0.15) is 0 Å². The fourth-order valence-corrected chi connectivity index (χ4v) is 6.13. The Balaban J connectivity index is 1.50. The number of hydrogen-bond donors (Lipinski definition) is 0. The first kappa shape index (κ1) is 22.5. The van der Waals surface area contributed by atoms with E-state index in [4.69, 9.17) is 4.74 Å². The number of esters is 1. The largest absolute Gasteiger partial charge is 0.468 e. The second-order valence-electron chi connectivity index (χ2n) is 10.3. The number of aromatic nitrogens is 1. The monoisotopic (exact) mass is 451 g/mol. The molecule has 6 heteroatoms. The molecule has 1 aliphatic carbocycles. The van der Waals surface area contributed by atoms with E-state index in [9.17, 15) is 9.59 Å². The molecule has 33 heavy (non-hydrogen) atoms. The van der Waals surface area contributed by atoms with Crippen LogP contribution in [-0.4, -0.2) is 59.0 Å². The Bertz CT molecular complexity index is 1030. The maximum Gasteiger partial charge on any atom is 0.325 e. The van der Waals surface area contributed by atoms with Crippen molar-refractivity contribution in [1.82, 2.24) is 14.4 Å². The van der Waals surface area contributed by atoms with Crippen molar-refractivity contribution in [3.63, 3.8) is 0 Å². The Hall–Kier alpha value is -2.34. The maximum absolute atomic E-state index is 13.3. The number of fused-ring (bicyclic) bond motifs is 3. The van der Waals surface area contributed by atoms with Gasteiger partial charge in [0.15, 0.2) is 0 Å². The van der Waals surface area contributed by atoms with Crippen molar-refractivity contribution in [2.75, 3.05) is 26.7 Å². The van der Waals surface area contributed by atoms with Crippen LogP contribution in [0.1, 0.15) is 73.5 Å². The normalized spacial score (nSPS) is 20.7. The summed E-state index contributed by atoms with van der Waals surface area (Å²) >= 11 is 0. The van der Waals surface area contributed by atoms with Gasteiger partial charge < -0.3 is 14.2 Å². The number of amides is 1. The van der Waals surface area contributed by atoms with Crippen LogP contribution in [0.25, 0.3) is 10.9 Å². The summed E-state index contributed by atoms with van der Waals surface area (Å²) < 4.78 is 7.13. The number of nitrogens with zero attached hydrogens (tertiary/aromatic N) is 3. The molecule has 178 valence electrons. The summed E-state index contributed by atoms with van der Waals surface area (Å²) in [5.41, 5.74) is 4.34. The van der Waals surface area contributed by atoms with Gasteiger partial charge in [0.05, 0.1) is 7.11 Å². The Morgan fingerprint density at radius 1 is 1.03 bits per heavy atom. The van der Waals surface area contributed by atoms with Crippen LogP contribution in [0.2, 0.25) is 0 Å². The topological polar surface area (TPSA) is 54.8 Å². The number of likely N-dealkylation sites (tertiary alicyclic amines) is 1. The van der Waals surface area contributed by atoms with E-state index in [2.05, 4.69) is 22.5 Å². The molecule has 0 unspecified atom stereocenters. The third-order valence-electron chi connectivity index (χ3n) is 8.21. The predicted octanol–water partition coefficient (Wildman–Crippen LogP) is 4.38. The van der Waals surface area contributed by atoms with Crippen LogP contribution in [-0.2, 0) is 29.0 Å². The number of carbonyl (C=O) groups excluding carboxylic acids is 2. The van der Waals surface area contributed by atoms with Crippen LogP contribution in [0.5, 0.6) is 0 Å². The van der Waals surface area contributed by atoms with E-state index in [1.54, 1.807) is 0 Å². The summed E-state index contributed by atoms with van der Waals surface area (Å²) in [6, 6.07) is 6.74. The molecule has 0 radical (unpaired) electrons. The Morgan fingerprint density at radius 2 is 1.79 bits per heavy atom. The summed E-state index contributed by atoms with van der Waals surface area (Å²) in [6.07, 6.45) is 9.67. The average Bonchev–Trinajstić information content (AvgIpc) is 3.16. The Kier molecular flexibility index (Phi) is 6.46. The van der Waals surface area contributed by atoms with Crippen molar-refractivity contribution in [1.29, 1.82) is 0 Å². The molecule has 2 aliphatic heterocycles. The standard InChI is InChI=1S/C27H37N3O3/c1-19-10-13-28(14-11-19)27(32)20-8-9-24-22(16-20)23-17-29(21-6-4-3-5-7-21)15-12-25(23)30(24)18-26(31)33-2/h8-9,16,19,21H,3-7,10-15,17-18H2,1-2H3. The first-order valence-electron chi connectivity index (χ1n) is 12.8. The lowest BCUT2D eigenvalue weighted by Gasteiger charge is -2.37. The minimum absolute atomic E-state index is 0.137. The number of carbonyl (C=O) groups is 2. The third kappa shape index (κ3) is 4.42. The first-order chi connectivity index (χ1) is 16.0. The highest BCUT2D eigenvalue weighted by Gasteiger charge is 2.30. The van der Waals surface area contributed by atoms with Crippen LogP contribution >= 0.6 is 0 Å². The quantitative estimate of drug-likeness (QED) is 0.648. The highest BCUT2D eigenvalue weighted by Crippen LogP contribution is 2.35. The lowest BCUT2D eigenvalue weighted by Crippen LogP contribution is -2.40. The van der Waals surface area contributed by atoms with Gasteiger partial charge >= 0.3 is 5.97 Å². The predicted molar refractivity (Wildman–Crippen MR) is 129 cm³/mol. The van der Waals surface area contributed by atoms with Crippen molar-refractivity contribution < 1.29 is 14.3 Å². The van der Waals surface area contributed by atoms with Gasteiger partial charge in [-0.1, -0.05) is 26.2 Å². The molecular weight excluding hydrogens is 414 g/mol. The number of rotatable bonds is 4.